The van der Waals surface area contributed by atoms with Gasteiger partial charge in [-0.2, -0.15) is 0 Å². The van der Waals surface area contributed by atoms with Gasteiger partial charge in [-0.15, -0.1) is 0 Å². The van der Waals surface area contributed by atoms with Crippen molar-refractivity contribution in [2.45, 2.75) is 96.7 Å². The lowest BCUT2D eigenvalue weighted by Gasteiger charge is -2.56. The van der Waals surface area contributed by atoms with Crippen LogP contribution in [0.25, 0.3) is 0 Å². The first kappa shape index (κ1) is 25.3. The second kappa shape index (κ2) is 8.52. The zero-order valence-corrected chi connectivity index (χ0v) is 22.4. The van der Waals surface area contributed by atoms with Gasteiger partial charge in [0, 0.05) is 35.3 Å². The number of esters is 2. The van der Waals surface area contributed by atoms with Crippen molar-refractivity contribution in [3.8, 4) is 0 Å². The van der Waals surface area contributed by atoms with Crippen molar-refractivity contribution in [2.75, 3.05) is 13.2 Å². The van der Waals surface area contributed by atoms with Crippen molar-refractivity contribution in [1.29, 1.82) is 0 Å². The van der Waals surface area contributed by atoms with Crippen molar-refractivity contribution >= 4 is 11.9 Å². The molecule has 0 aromatic heterocycles. The quantitative estimate of drug-likeness (QED) is 0.387. The molecule has 0 aromatic rings. The Hall–Kier alpha value is -1.96. The summed E-state index contributed by atoms with van der Waals surface area (Å²) in [5, 5.41) is 10.8. The Morgan fingerprint density at radius 3 is 2.65 bits per heavy atom. The van der Waals surface area contributed by atoms with Crippen LogP contribution in [0.5, 0.6) is 0 Å². The third-order valence-electron chi connectivity index (χ3n) is 11.1. The van der Waals surface area contributed by atoms with Crippen molar-refractivity contribution < 1.29 is 33.6 Å². The number of rotatable bonds is 0. The fourth-order valence-corrected chi connectivity index (χ4v) is 8.44. The third kappa shape index (κ3) is 3.49. The molecule has 3 aliphatic heterocycles. The minimum atomic E-state index is -1.23. The maximum Gasteiger partial charge on any atom is 0.335 e. The van der Waals surface area contributed by atoms with E-state index >= 15 is 0 Å². The Balaban J connectivity index is 1.39. The van der Waals surface area contributed by atoms with E-state index in [2.05, 4.69) is 19.9 Å². The van der Waals surface area contributed by atoms with Gasteiger partial charge >= 0.3 is 11.9 Å². The fraction of sp³-hybridized carbons (Fsp3) is 0.733. The predicted octanol–water partition coefficient (Wildman–Crippen LogP) is 4.04. The van der Waals surface area contributed by atoms with E-state index in [1.165, 1.54) is 11.6 Å². The topological polar surface area (TPSA) is 91.3 Å². The van der Waals surface area contributed by atoms with E-state index in [0.29, 0.717) is 19.4 Å². The van der Waals surface area contributed by atoms with Gasteiger partial charge in [0.2, 0.25) is 0 Å². The van der Waals surface area contributed by atoms with Gasteiger partial charge < -0.3 is 24.1 Å². The zero-order valence-electron chi connectivity index (χ0n) is 22.4. The highest BCUT2D eigenvalue weighted by molar-refractivity contribution is 5.82. The number of hydrogen-bond donors (Lipinski definition) is 1. The van der Waals surface area contributed by atoms with Crippen LogP contribution in [0, 0.1) is 27.6 Å². The smallest absolute Gasteiger partial charge is 0.335 e. The van der Waals surface area contributed by atoms with Crippen LogP contribution in [0.3, 0.4) is 0 Å². The van der Waals surface area contributed by atoms with Crippen molar-refractivity contribution in [1.82, 2.24) is 0 Å². The van der Waals surface area contributed by atoms with Gasteiger partial charge in [-0.3, -0.25) is 0 Å². The SMILES string of the molecule is CC1=CC2O[C@@H]3C[C@H]4OC(=O)C=CC=CC(C)OCCC(C)[C@@H](O)C(=O)OC[C@@]2(CC1)[C@]4(C)C12CC31C2. The molecule has 4 bridgehead atoms. The number of ether oxygens (including phenoxy) is 4. The van der Waals surface area contributed by atoms with Gasteiger partial charge in [-0.05, 0) is 57.3 Å². The number of carbonyl (C=O) groups excluding carboxylic acids is 2. The summed E-state index contributed by atoms with van der Waals surface area (Å²) >= 11 is 0. The van der Waals surface area contributed by atoms with Gasteiger partial charge in [0.05, 0.1) is 18.3 Å². The molecule has 0 amide bonds. The molecule has 4 aliphatic carbocycles. The molecule has 3 saturated carbocycles. The first-order chi connectivity index (χ1) is 17.6. The fourth-order valence-electron chi connectivity index (χ4n) is 8.44. The molecule has 3 heterocycles. The second-order valence-electron chi connectivity index (χ2n) is 12.8. The van der Waals surface area contributed by atoms with Gasteiger partial charge in [0.15, 0.2) is 6.10 Å². The molecule has 1 spiro atoms. The van der Waals surface area contributed by atoms with Crippen molar-refractivity contribution in [3.05, 3.63) is 36.0 Å². The van der Waals surface area contributed by atoms with Gasteiger partial charge in [0.1, 0.15) is 12.7 Å². The summed E-state index contributed by atoms with van der Waals surface area (Å²) in [7, 11) is 0. The van der Waals surface area contributed by atoms with Gasteiger partial charge in [-0.1, -0.05) is 43.7 Å². The summed E-state index contributed by atoms with van der Waals surface area (Å²) in [5.41, 5.74) is 0.554. The molecule has 5 fully saturated rings. The van der Waals surface area contributed by atoms with Crippen LogP contribution in [-0.2, 0) is 28.5 Å². The average Bonchev–Trinajstić information content (AvgIpc) is 3.72. The number of hydrogen-bond acceptors (Lipinski definition) is 7. The van der Waals surface area contributed by atoms with Crippen LogP contribution < -0.4 is 0 Å². The van der Waals surface area contributed by atoms with E-state index in [0.717, 1.165) is 25.7 Å². The normalized spacial score (nSPS) is 51.2. The zero-order chi connectivity index (χ0) is 26.2. The molecular weight excluding hydrogens is 472 g/mol. The van der Waals surface area contributed by atoms with E-state index in [-0.39, 0.29) is 53.7 Å². The van der Waals surface area contributed by atoms with Crippen LogP contribution in [-0.4, -0.2) is 60.8 Å². The highest BCUT2D eigenvalue weighted by Gasteiger charge is 2.97. The third-order valence-corrected chi connectivity index (χ3v) is 11.1. The Bertz CT molecular complexity index is 1070. The molecule has 7 heteroatoms. The number of allylic oxidation sites excluding steroid dienone is 3. The molecule has 8 atom stereocenters. The first-order valence-corrected chi connectivity index (χ1v) is 13.9. The average molecular weight is 513 g/mol. The molecule has 7 aliphatic rings. The lowest BCUT2D eigenvalue weighted by atomic mass is 9.50. The van der Waals surface area contributed by atoms with E-state index in [1.807, 2.05) is 19.9 Å². The number of aliphatic hydroxyl groups excluding tert-OH is 1. The molecule has 3 unspecified atom stereocenters. The summed E-state index contributed by atoms with van der Waals surface area (Å²) in [5.74, 6) is -1.26. The van der Waals surface area contributed by atoms with Crippen molar-refractivity contribution in [2.24, 2.45) is 27.6 Å². The summed E-state index contributed by atoms with van der Waals surface area (Å²) in [4.78, 5) is 26.2. The number of aliphatic hydroxyl groups is 1. The number of cyclic esters (lactones) is 1. The molecule has 202 valence electrons. The molecular formula is C30H40O7. The maximum atomic E-state index is 13.1. The van der Waals surface area contributed by atoms with E-state index < -0.39 is 22.9 Å². The van der Waals surface area contributed by atoms with Crippen LogP contribution >= 0.6 is 0 Å². The van der Waals surface area contributed by atoms with E-state index in [1.54, 1.807) is 12.2 Å². The largest absolute Gasteiger partial charge is 0.463 e. The van der Waals surface area contributed by atoms with Gasteiger partial charge in [0.25, 0.3) is 0 Å². The van der Waals surface area contributed by atoms with Crippen LogP contribution in [0.1, 0.15) is 66.2 Å². The second-order valence-corrected chi connectivity index (χ2v) is 12.8. The Morgan fingerprint density at radius 2 is 1.86 bits per heavy atom. The Labute approximate surface area is 219 Å². The van der Waals surface area contributed by atoms with Crippen molar-refractivity contribution in [3.63, 3.8) is 0 Å². The molecule has 7 rings (SSSR count). The van der Waals surface area contributed by atoms with Crippen LogP contribution in [0.2, 0.25) is 0 Å². The highest BCUT2D eigenvalue weighted by Crippen LogP contribution is 2.99. The lowest BCUT2D eigenvalue weighted by Crippen LogP contribution is -2.60. The minimum absolute atomic E-state index is 0.0321. The lowest BCUT2D eigenvalue weighted by molar-refractivity contribution is -0.193. The predicted molar refractivity (Wildman–Crippen MR) is 135 cm³/mol. The molecule has 2 saturated heterocycles. The molecule has 0 aromatic carbocycles. The standard InChI is InChI=1S/C30H40O7/c1-18-9-11-28-17-35-26(33)25(32)19(2)10-12-34-20(3)7-5-6-8-24(31)37-21-14-23(36-22(28)13-18)29-15-30(29,16-29)27(21,28)4/h5-8,13,19-23,25,32H,9-12,14-17H2,1-4H3/t19?,20?,21-,22?,23-,25-,27-,28-,29?,30?/m1/s1. The molecule has 1 N–H and O–H groups in total. The summed E-state index contributed by atoms with van der Waals surface area (Å²) in [6.07, 6.45) is 12.2. The minimum Gasteiger partial charge on any atom is -0.463 e. The maximum absolute atomic E-state index is 13.1. The monoisotopic (exact) mass is 512 g/mol. The molecule has 0 radical (unpaired) electrons. The summed E-state index contributed by atoms with van der Waals surface area (Å²) in [6, 6.07) is 0. The Morgan fingerprint density at radius 1 is 1.08 bits per heavy atom. The van der Waals surface area contributed by atoms with Gasteiger partial charge in [-0.25, -0.2) is 9.59 Å². The molecule has 7 nitrogen and oxygen atoms in total. The summed E-state index contributed by atoms with van der Waals surface area (Å²) in [6.45, 7) is 8.69. The first-order valence-electron chi connectivity index (χ1n) is 13.9. The highest BCUT2D eigenvalue weighted by atomic mass is 16.6. The summed E-state index contributed by atoms with van der Waals surface area (Å²) < 4.78 is 24.9. The Kier molecular flexibility index (Phi) is 5.83. The van der Waals surface area contributed by atoms with Crippen LogP contribution in [0.15, 0.2) is 36.0 Å². The molecule has 37 heavy (non-hydrogen) atoms. The van der Waals surface area contributed by atoms with Crippen LogP contribution in [0.4, 0.5) is 0 Å². The van der Waals surface area contributed by atoms with E-state index in [4.69, 9.17) is 18.9 Å². The van der Waals surface area contributed by atoms with E-state index in [9.17, 15) is 14.7 Å². The number of carbonyl (C=O) groups is 2.